The molecule has 0 bridgehead atoms. The van der Waals surface area contributed by atoms with Gasteiger partial charge in [-0.3, -0.25) is 0 Å². The Hall–Kier alpha value is -1.93. The molecule has 3 nitrogen and oxygen atoms in total. The van der Waals surface area contributed by atoms with Gasteiger partial charge in [-0.1, -0.05) is 18.2 Å². The Morgan fingerprint density at radius 2 is 2.12 bits per heavy atom. The van der Waals surface area contributed by atoms with E-state index in [-0.39, 0.29) is 24.6 Å². The van der Waals surface area contributed by atoms with Crippen molar-refractivity contribution in [3.8, 4) is 6.07 Å². The van der Waals surface area contributed by atoms with Gasteiger partial charge in [0.05, 0.1) is 23.7 Å². The van der Waals surface area contributed by atoms with Crippen LogP contribution in [0.4, 0.5) is 4.39 Å². The molecule has 5 heteroatoms. The van der Waals surface area contributed by atoms with Crippen molar-refractivity contribution in [2.24, 2.45) is 0 Å². The van der Waals surface area contributed by atoms with Gasteiger partial charge in [-0.25, -0.2) is 4.39 Å². The van der Waals surface area contributed by atoms with Gasteiger partial charge in [-0.2, -0.15) is 5.26 Å². The van der Waals surface area contributed by atoms with Gasteiger partial charge in [0.2, 0.25) is 0 Å². The van der Waals surface area contributed by atoms with E-state index in [0.29, 0.717) is 30.5 Å². The molecule has 1 heterocycles. The van der Waals surface area contributed by atoms with Gasteiger partial charge in [0.15, 0.2) is 0 Å². The molecule has 0 radical (unpaired) electrons. The van der Waals surface area contributed by atoms with Crippen LogP contribution in [-0.2, 0) is 16.9 Å². The van der Waals surface area contributed by atoms with Crippen LogP contribution in [0.1, 0.15) is 40.6 Å². The maximum absolute atomic E-state index is 14.0. The lowest BCUT2D eigenvalue weighted by atomic mass is 9.81. The second-order valence-electron chi connectivity index (χ2n) is 5.50. The summed E-state index contributed by atoms with van der Waals surface area (Å²) >= 11 is 0. The van der Waals surface area contributed by atoms with Crippen molar-refractivity contribution in [2.75, 3.05) is 13.6 Å². The molecular weight excluding hydrogens is 327 g/mol. The molecule has 1 unspecified atom stereocenters. The van der Waals surface area contributed by atoms with Gasteiger partial charge < -0.3 is 10.1 Å². The third kappa shape index (κ3) is 3.29. The van der Waals surface area contributed by atoms with Crippen molar-refractivity contribution in [1.29, 1.82) is 5.26 Å². The SMILES string of the molecule is Cl.[2H]c1c([2H])c(C2(CCCNC)OCc3cc(C#N)ccc32)c([2H])c([2H])c1F. The van der Waals surface area contributed by atoms with Crippen LogP contribution in [0.2, 0.25) is 0 Å². The van der Waals surface area contributed by atoms with E-state index in [2.05, 4.69) is 11.4 Å². The minimum atomic E-state index is -1.21. The highest BCUT2D eigenvalue weighted by Crippen LogP contribution is 2.45. The summed E-state index contributed by atoms with van der Waals surface area (Å²) in [6, 6.07) is 4.87. The summed E-state index contributed by atoms with van der Waals surface area (Å²) in [6.07, 6.45) is 1.04. The van der Waals surface area contributed by atoms with Gasteiger partial charge in [-0.05, 0) is 67.3 Å². The maximum Gasteiger partial charge on any atom is 0.123 e. The first kappa shape index (κ1) is 13.4. The van der Waals surface area contributed by atoms with E-state index in [1.54, 1.807) is 18.2 Å². The first-order chi connectivity index (χ1) is 12.9. The molecule has 0 spiro atoms. The summed E-state index contributed by atoms with van der Waals surface area (Å²) in [5.41, 5.74) is 0.762. The Bertz CT molecular complexity index is 922. The first-order valence-corrected chi connectivity index (χ1v) is 7.45. The third-order valence-electron chi connectivity index (χ3n) is 4.10. The molecule has 0 amide bonds. The Morgan fingerprint density at radius 1 is 1.38 bits per heavy atom. The van der Waals surface area contributed by atoms with Crippen LogP contribution in [0.5, 0.6) is 0 Å². The van der Waals surface area contributed by atoms with Crippen LogP contribution in [-0.4, -0.2) is 13.6 Å². The lowest BCUT2D eigenvalue weighted by Gasteiger charge is -2.30. The molecule has 0 saturated carbocycles. The number of nitrogens with one attached hydrogen (secondary N) is 1. The normalized spacial score (nSPS) is 20.9. The molecule has 0 aliphatic carbocycles. The van der Waals surface area contributed by atoms with Crippen molar-refractivity contribution in [3.05, 3.63) is 70.4 Å². The van der Waals surface area contributed by atoms with Gasteiger partial charge >= 0.3 is 0 Å². The molecule has 0 fully saturated rings. The first-order valence-electron chi connectivity index (χ1n) is 9.45. The molecule has 1 aliphatic heterocycles. The highest BCUT2D eigenvalue weighted by molar-refractivity contribution is 5.85. The fraction of sp³-hybridized carbons (Fsp3) is 0.316. The Balaban J connectivity index is 0.00000280. The Labute approximate surface area is 153 Å². The van der Waals surface area contributed by atoms with E-state index >= 15 is 0 Å². The second-order valence-corrected chi connectivity index (χ2v) is 5.50. The second kappa shape index (κ2) is 7.76. The Morgan fingerprint density at radius 3 is 2.79 bits per heavy atom. The molecule has 1 aliphatic rings. The smallest absolute Gasteiger partial charge is 0.123 e. The van der Waals surface area contributed by atoms with Gasteiger partial charge in [0.1, 0.15) is 11.4 Å². The van der Waals surface area contributed by atoms with Crippen molar-refractivity contribution in [1.82, 2.24) is 5.32 Å². The number of hydrogen-bond acceptors (Lipinski definition) is 3. The summed E-state index contributed by atoms with van der Waals surface area (Å²) in [4.78, 5) is 0. The summed E-state index contributed by atoms with van der Waals surface area (Å²) in [6.45, 7) is 0.849. The number of fused-ring (bicyclic) bond motifs is 1. The lowest BCUT2D eigenvalue weighted by molar-refractivity contribution is -0.0128. The molecule has 1 N–H and O–H groups in total. The number of ether oxygens (including phenoxy) is 1. The molecule has 24 heavy (non-hydrogen) atoms. The van der Waals surface area contributed by atoms with Crippen molar-refractivity contribution in [2.45, 2.75) is 25.0 Å². The minimum Gasteiger partial charge on any atom is -0.361 e. The van der Waals surface area contributed by atoms with Crippen LogP contribution in [0.3, 0.4) is 0 Å². The predicted octanol–water partition coefficient (Wildman–Crippen LogP) is 3.89. The molecular formula is C19H20ClFN2O. The van der Waals surface area contributed by atoms with Crippen LogP contribution < -0.4 is 5.32 Å². The number of rotatable bonds is 5. The average Bonchev–Trinajstić information content (AvgIpc) is 3.03. The van der Waals surface area contributed by atoms with E-state index in [0.717, 1.165) is 5.56 Å². The topological polar surface area (TPSA) is 45.0 Å². The van der Waals surface area contributed by atoms with Crippen molar-refractivity contribution in [3.63, 3.8) is 0 Å². The number of benzene rings is 2. The van der Waals surface area contributed by atoms with Crippen LogP contribution in [0.25, 0.3) is 0 Å². The minimum absolute atomic E-state index is 0. The van der Waals surface area contributed by atoms with E-state index in [9.17, 15) is 4.39 Å². The lowest BCUT2D eigenvalue weighted by Crippen LogP contribution is -2.28. The monoisotopic (exact) mass is 350 g/mol. The average molecular weight is 351 g/mol. The molecule has 2 aromatic rings. The van der Waals surface area contributed by atoms with E-state index in [1.165, 1.54) is 0 Å². The van der Waals surface area contributed by atoms with Crippen LogP contribution in [0.15, 0.2) is 42.4 Å². The molecule has 2 aromatic carbocycles. The quantitative estimate of drug-likeness (QED) is 0.832. The van der Waals surface area contributed by atoms with Gasteiger partial charge in [0.25, 0.3) is 0 Å². The van der Waals surface area contributed by atoms with Crippen LogP contribution >= 0.6 is 12.4 Å². The zero-order valence-corrected chi connectivity index (χ0v) is 14.0. The maximum atomic E-state index is 14.0. The number of nitriles is 1. The summed E-state index contributed by atoms with van der Waals surface area (Å²) in [7, 11) is 1.81. The summed E-state index contributed by atoms with van der Waals surface area (Å²) < 4.78 is 52.4. The number of hydrogen-bond donors (Lipinski definition) is 1. The number of halogens is 2. The third-order valence-corrected chi connectivity index (χ3v) is 4.10. The zero-order chi connectivity index (χ0) is 19.8. The number of nitrogens with zero attached hydrogens (tertiary/aromatic N) is 1. The summed E-state index contributed by atoms with van der Waals surface area (Å²) in [5.74, 6) is -1.17. The van der Waals surface area contributed by atoms with Crippen molar-refractivity contribution < 1.29 is 14.6 Å². The van der Waals surface area contributed by atoms with Crippen LogP contribution in [0, 0.1) is 17.1 Å². The van der Waals surface area contributed by atoms with Gasteiger partial charge in [-0.15, -0.1) is 12.4 Å². The molecule has 0 aromatic heterocycles. The fourth-order valence-corrected chi connectivity index (χ4v) is 3.01. The molecule has 126 valence electrons. The van der Waals surface area contributed by atoms with E-state index in [1.807, 2.05) is 7.05 Å². The standard InChI is InChI=1S/C19H19FN2O.ClH/c1-22-10-2-9-19(16-4-6-17(20)7-5-16)18-8-3-14(12-21)11-15(18)13-23-19;/h3-8,11,22H,2,9-10,13H2,1H3;1H/i4D,5D,6D,7D;. The molecule has 3 rings (SSSR count). The van der Waals surface area contributed by atoms with Gasteiger partial charge in [0, 0.05) is 0 Å². The predicted molar refractivity (Wildman–Crippen MR) is 93.5 cm³/mol. The van der Waals surface area contributed by atoms with E-state index < -0.39 is 35.6 Å². The van der Waals surface area contributed by atoms with Crippen molar-refractivity contribution >= 4 is 12.4 Å². The molecule has 0 saturated heterocycles. The molecule has 1 atom stereocenters. The van der Waals surface area contributed by atoms with E-state index in [4.69, 9.17) is 15.5 Å². The summed E-state index contributed by atoms with van der Waals surface area (Å²) in [5, 5.41) is 12.2. The highest BCUT2D eigenvalue weighted by Gasteiger charge is 2.41. The fourth-order valence-electron chi connectivity index (χ4n) is 3.01. The highest BCUT2D eigenvalue weighted by atomic mass is 35.5. The zero-order valence-electron chi connectivity index (χ0n) is 17.2. The largest absolute Gasteiger partial charge is 0.361 e. The Kier molecular flexibility index (Phi) is 4.32.